The second-order valence-corrected chi connectivity index (χ2v) is 8.09. The van der Waals surface area contributed by atoms with Crippen molar-refractivity contribution in [3.05, 3.63) is 90.5 Å². The molecule has 0 spiro atoms. The molecule has 3 rings (SSSR count). The van der Waals surface area contributed by atoms with Crippen molar-refractivity contribution in [3.63, 3.8) is 0 Å². The minimum absolute atomic E-state index is 0.0586. The van der Waals surface area contributed by atoms with Gasteiger partial charge >= 0.3 is 0 Å². The number of hydrogen-bond donors (Lipinski definition) is 1. The van der Waals surface area contributed by atoms with Gasteiger partial charge in [-0.05, 0) is 56.1 Å². The first-order chi connectivity index (χ1) is 16.4. The van der Waals surface area contributed by atoms with Crippen LogP contribution in [0.1, 0.15) is 17.2 Å². The van der Waals surface area contributed by atoms with Gasteiger partial charge in [0.05, 0.1) is 11.6 Å². The summed E-state index contributed by atoms with van der Waals surface area (Å²) in [5.74, 6) is -0.317. The van der Waals surface area contributed by atoms with Gasteiger partial charge < -0.3 is 24.4 Å². The Morgan fingerprint density at radius 3 is 2.00 bits per heavy atom. The minimum Gasteiger partial charge on any atom is -0.507 e. The van der Waals surface area contributed by atoms with E-state index in [2.05, 4.69) is 13.2 Å². The van der Waals surface area contributed by atoms with E-state index in [-0.39, 0.29) is 11.3 Å². The fourth-order valence-corrected chi connectivity index (χ4v) is 3.69. The molecule has 1 aliphatic heterocycles. The first kappa shape index (κ1) is 24.8. The van der Waals surface area contributed by atoms with Gasteiger partial charge in [0.15, 0.2) is 0 Å². The number of carbonyl (C=O) groups is 2. The number of nitrogens with zero attached hydrogens (tertiary/aromatic N) is 2. The summed E-state index contributed by atoms with van der Waals surface area (Å²) in [5, 5.41) is 11.1. The first-order valence-electron chi connectivity index (χ1n) is 11.0. The number of hydrogen-bond acceptors (Lipinski definition) is 6. The zero-order valence-electron chi connectivity index (χ0n) is 19.6. The molecule has 0 aromatic heterocycles. The number of Topliss-reactive ketones (excluding diaryl/α,β-unsaturated/α-hetero) is 1. The summed E-state index contributed by atoms with van der Waals surface area (Å²) in [5.41, 5.74) is 1.19. The number of likely N-dealkylation sites (tertiary alicyclic amines) is 1. The Bertz CT molecular complexity index is 1070. The standard InChI is InChI=1S/C27H30N2O5/c1-5-17-33-21-11-7-19(8-12-21)24-23(26(31)27(32)29(24)16-15-28(3)4)25(30)20-9-13-22(14-10-20)34-18-6-2/h5-14,24,30H,1-2,15-18H2,3-4H3/b25-23-. The molecular weight excluding hydrogens is 432 g/mol. The summed E-state index contributed by atoms with van der Waals surface area (Å²) in [6.07, 6.45) is 3.29. The van der Waals surface area contributed by atoms with Gasteiger partial charge in [-0.25, -0.2) is 0 Å². The normalized spacial score (nSPS) is 17.1. The van der Waals surface area contributed by atoms with Crippen LogP contribution in [0, 0.1) is 0 Å². The quantitative estimate of drug-likeness (QED) is 0.237. The molecular formula is C27H30N2O5. The lowest BCUT2D eigenvalue weighted by Crippen LogP contribution is -2.35. The largest absolute Gasteiger partial charge is 0.507 e. The molecule has 0 saturated carbocycles. The summed E-state index contributed by atoms with van der Waals surface area (Å²) in [6, 6.07) is 13.1. The van der Waals surface area contributed by atoms with Gasteiger partial charge in [0.2, 0.25) is 0 Å². The molecule has 0 radical (unpaired) electrons. The topological polar surface area (TPSA) is 79.3 Å². The van der Waals surface area contributed by atoms with Crippen molar-refractivity contribution in [2.75, 3.05) is 40.4 Å². The molecule has 1 fully saturated rings. The minimum atomic E-state index is -0.718. The van der Waals surface area contributed by atoms with E-state index in [0.29, 0.717) is 48.9 Å². The smallest absolute Gasteiger partial charge is 0.295 e. The van der Waals surface area contributed by atoms with E-state index in [1.54, 1.807) is 60.7 Å². The molecule has 1 amide bonds. The third kappa shape index (κ3) is 5.55. The molecule has 34 heavy (non-hydrogen) atoms. The number of rotatable bonds is 11. The molecule has 1 aliphatic rings. The van der Waals surface area contributed by atoms with Crippen molar-refractivity contribution >= 4 is 17.4 Å². The van der Waals surface area contributed by atoms with E-state index < -0.39 is 17.7 Å². The van der Waals surface area contributed by atoms with Crippen LogP contribution in [0.15, 0.2) is 79.4 Å². The third-order valence-corrected chi connectivity index (χ3v) is 5.39. The monoisotopic (exact) mass is 462 g/mol. The summed E-state index contributed by atoms with van der Waals surface area (Å²) in [4.78, 5) is 29.5. The number of ketones is 1. The Hall–Kier alpha value is -3.84. The number of ether oxygens (including phenoxy) is 2. The van der Waals surface area contributed by atoms with Gasteiger partial charge in [0.1, 0.15) is 30.5 Å². The van der Waals surface area contributed by atoms with Crippen LogP contribution in [0.2, 0.25) is 0 Å². The molecule has 1 saturated heterocycles. The highest BCUT2D eigenvalue weighted by Gasteiger charge is 2.45. The predicted octanol–water partition coefficient (Wildman–Crippen LogP) is 3.80. The number of aliphatic hydroxyl groups is 1. The van der Waals surface area contributed by atoms with E-state index in [9.17, 15) is 14.7 Å². The van der Waals surface area contributed by atoms with Crippen LogP contribution in [-0.4, -0.2) is 67.0 Å². The van der Waals surface area contributed by atoms with E-state index in [1.807, 2.05) is 19.0 Å². The molecule has 2 aromatic rings. The molecule has 1 atom stereocenters. The van der Waals surface area contributed by atoms with Crippen molar-refractivity contribution in [2.45, 2.75) is 6.04 Å². The average molecular weight is 463 g/mol. The van der Waals surface area contributed by atoms with E-state index >= 15 is 0 Å². The molecule has 0 aliphatic carbocycles. The highest BCUT2D eigenvalue weighted by atomic mass is 16.5. The van der Waals surface area contributed by atoms with Gasteiger partial charge in [-0.1, -0.05) is 37.4 Å². The molecule has 1 unspecified atom stereocenters. The lowest BCUT2D eigenvalue weighted by atomic mass is 9.95. The fraction of sp³-hybridized carbons (Fsp3) is 0.259. The zero-order chi connectivity index (χ0) is 24.7. The van der Waals surface area contributed by atoms with Gasteiger partial charge in [-0.2, -0.15) is 0 Å². The van der Waals surface area contributed by atoms with Gasteiger partial charge in [-0.15, -0.1) is 0 Å². The fourth-order valence-electron chi connectivity index (χ4n) is 3.69. The number of amides is 1. The average Bonchev–Trinajstić information content (AvgIpc) is 3.10. The maximum atomic E-state index is 13.1. The van der Waals surface area contributed by atoms with Crippen LogP contribution in [0.4, 0.5) is 0 Å². The number of benzene rings is 2. The molecule has 178 valence electrons. The highest BCUT2D eigenvalue weighted by molar-refractivity contribution is 6.46. The number of carbonyl (C=O) groups excluding carboxylic acids is 2. The van der Waals surface area contributed by atoms with Crippen molar-refractivity contribution in [1.29, 1.82) is 0 Å². The van der Waals surface area contributed by atoms with Crippen molar-refractivity contribution in [2.24, 2.45) is 0 Å². The van der Waals surface area contributed by atoms with Crippen molar-refractivity contribution < 1.29 is 24.2 Å². The third-order valence-electron chi connectivity index (χ3n) is 5.39. The summed E-state index contributed by atoms with van der Waals surface area (Å²) in [7, 11) is 3.79. The molecule has 0 bridgehead atoms. The Balaban J connectivity index is 2.03. The lowest BCUT2D eigenvalue weighted by Gasteiger charge is -2.26. The van der Waals surface area contributed by atoms with Crippen LogP contribution in [0.25, 0.3) is 5.76 Å². The van der Waals surface area contributed by atoms with Crippen molar-refractivity contribution in [3.8, 4) is 11.5 Å². The maximum Gasteiger partial charge on any atom is 0.295 e. The van der Waals surface area contributed by atoms with Gasteiger partial charge in [0, 0.05) is 18.7 Å². The van der Waals surface area contributed by atoms with E-state index in [0.717, 1.165) is 0 Å². The predicted molar refractivity (Wildman–Crippen MR) is 132 cm³/mol. The Morgan fingerprint density at radius 2 is 1.50 bits per heavy atom. The van der Waals surface area contributed by atoms with E-state index in [1.165, 1.54) is 4.90 Å². The van der Waals surface area contributed by atoms with Crippen LogP contribution in [0.3, 0.4) is 0 Å². The van der Waals surface area contributed by atoms with Crippen LogP contribution in [-0.2, 0) is 9.59 Å². The van der Waals surface area contributed by atoms with E-state index in [4.69, 9.17) is 9.47 Å². The van der Waals surface area contributed by atoms with Crippen LogP contribution in [0.5, 0.6) is 11.5 Å². The molecule has 7 nitrogen and oxygen atoms in total. The van der Waals surface area contributed by atoms with Gasteiger partial charge in [0.25, 0.3) is 11.7 Å². The Morgan fingerprint density at radius 1 is 0.971 bits per heavy atom. The Labute approximate surface area is 200 Å². The summed E-state index contributed by atoms with van der Waals surface area (Å²) < 4.78 is 11.0. The second-order valence-electron chi connectivity index (χ2n) is 8.09. The SMILES string of the molecule is C=CCOc1ccc(/C(O)=C2/C(=O)C(=O)N(CCN(C)C)C2c2ccc(OCC=C)cc2)cc1. The maximum absolute atomic E-state index is 13.1. The van der Waals surface area contributed by atoms with Crippen LogP contribution >= 0.6 is 0 Å². The first-order valence-corrected chi connectivity index (χ1v) is 11.0. The second kappa shape index (κ2) is 11.3. The van der Waals surface area contributed by atoms with Crippen molar-refractivity contribution in [1.82, 2.24) is 9.80 Å². The van der Waals surface area contributed by atoms with Crippen LogP contribution < -0.4 is 9.47 Å². The lowest BCUT2D eigenvalue weighted by molar-refractivity contribution is -0.140. The molecule has 2 aromatic carbocycles. The number of likely N-dealkylation sites (N-methyl/N-ethyl adjacent to an activating group) is 1. The summed E-state index contributed by atoms with van der Waals surface area (Å²) in [6.45, 7) is 8.89. The number of aliphatic hydroxyl groups excluding tert-OH is 1. The highest BCUT2D eigenvalue weighted by Crippen LogP contribution is 2.39. The molecule has 1 N–H and O–H groups in total. The molecule has 7 heteroatoms. The molecule has 1 heterocycles. The van der Waals surface area contributed by atoms with Gasteiger partial charge in [-0.3, -0.25) is 9.59 Å². The summed E-state index contributed by atoms with van der Waals surface area (Å²) >= 11 is 0. The Kier molecular flexibility index (Phi) is 8.27. The zero-order valence-corrected chi connectivity index (χ0v) is 19.6.